The second-order valence-corrected chi connectivity index (χ2v) is 7.43. The summed E-state index contributed by atoms with van der Waals surface area (Å²) in [6.45, 7) is 4.57. The van der Waals surface area contributed by atoms with Crippen LogP contribution in [0.3, 0.4) is 0 Å². The number of rotatable bonds is 3. The second kappa shape index (κ2) is 5.83. The number of carbonyl (C=O) groups is 1. The zero-order valence-corrected chi connectivity index (χ0v) is 12.5. The van der Waals surface area contributed by atoms with Crippen molar-refractivity contribution in [2.24, 2.45) is 0 Å². The topological polar surface area (TPSA) is 63.7 Å². The summed E-state index contributed by atoms with van der Waals surface area (Å²) in [6, 6.07) is 6.98. The molecule has 1 heterocycles. The van der Waals surface area contributed by atoms with E-state index in [1.54, 1.807) is 36.1 Å². The Kier molecular flexibility index (Phi) is 4.32. The van der Waals surface area contributed by atoms with Crippen molar-refractivity contribution >= 4 is 15.7 Å². The fourth-order valence-corrected chi connectivity index (χ4v) is 3.49. The molecule has 1 amide bonds. The molecule has 1 aromatic carbocycles. The fraction of sp³-hybridized carbons (Fsp3) is 0.500. The van der Waals surface area contributed by atoms with Crippen LogP contribution in [-0.2, 0) is 9.84 Å². The summed E-state index contributed by atoms with van der Waals surface area (Å²) in [6.07, 6.45) is 0. The zero-order valence-electron chi connectivity index (χ0n) is 11.7. The third kappa shape index (κ3) is 3.12. The quantitative estimate of drug-likeness (QED) is 0.844. The largest absolute Gasteiger partial charge is 0.494 e. The molecule has 1 saturated heterocycles. The van der Waals surface area contributed by atoms with Gasteiger partial charge in [0.15, 0.2) is 9.84 Å². The van der Waals surface area contributed by atoms with Crippen molar-refractivity contribution in [2.45, 2.75) is 19.1 Å². The first kappa shape index (κ1) is 14.8. The van der Waals surface area contributed by atoms with Gasteiger partial charge in [0.25, 0.3) is 5.91 Å². The van der Waals surface area contributed by atoms with Crippen molar-refractivity contribution in [2.75, 3.05) is 25.4 Å². The molecular formula is C14H19NO4S. The Labute approximate surface area is 119 Å². The third-order valence-electron chi connectivity index (χ3n) is 3.42. The highest BCUT2D eigenvalue weighted by Crippen LogP contribution is 2.18. The minimum Gasteiger partial charge on any atom is -0.494 e. The maximum atomic E-state index is 12.4. The second-order valence-electron chi connectivity index (χ2n) is 4.89. The van der Waals surface area contributed by atoms with E-state index >= 15 is 0 Å². The highest BCUT2D eigenvalue weighted by Gasteiger charge is 2.32. The molecule has 1 fully saturated rings. The molecule has 0 unspecified atom stereocenters. The summed E-state index contributed by atoms with van der Waals surface area (Å²) in [5.74, 6) is 0.537. The minimum absolute atomic E-state index is 0.0328. The van der Waals surface area contributed by atoms with Gasteiger partial charge in [0.05, 0.1) is 17.6 Å². The monoisotopic (exact) mass is 297 g/mol. The van der Waals surface area contributed by atoms with Crippen LogP contribution in [0, 0.1) is 0 Å². The number of ether oxygens (including phenoxy) is 1. The number of hydrogen-bond acceptors (Lipinski definition) is 4. The van der Waals surface area contributed by atoms with E-state index in [1.807, 2.05) is 6.92 Å². The smallest absolute Gasteiger partial charge is 0.254 e. The molecule has 0 bridgehead atoms. The molecule has 1 atom stereocenters. The lowest BCUT2D eigenvalue weighted by atomic mass is 10.2. The van der Waals surface area contributed by atoms with Crippen molar-refractivity contribution in [1.82, 2.24) is 4.90 Å². The van der Waals surface area contributed by atoms with Gasteiger partial charge in [0, 0.05) is 18.7 Å². The van der Waals surface area contributed by atoms with Gasteiger partial charge in [-0.05, 0) is 32.0 Å². The van der Waals surface area contributed by atoms with Gasteiger partial charge in [-0.25, -0.2) is 8.42 Å². The number of amides is 1. The molecule has 2 rings (SSSR count). The number of benzene rings is 1. The van der Waals surface area contributed by atoms with Crippen LogP contribution < -0.4 is 4.74 Å². The molecule has 1 aliphatic rings. The Morgan fingerprint density at radius 3 is 2.85 bits per heavy atom. The van der Waals surface area contributed by atoms with E-state index in [4.69, 9.17) is 4.74 Å². The molecule has 0 spiro atoms. The molecule has 20 heavy (non-hydrogen) atoms. The summed E-state index contributed by atoms with van der Waals surface area (Å²) >= 11 is 0. The molecule has 1 aliphatic heterocycles. The van der Waals surface area contributed by atoms with Gasteiger partial charge in [0.1, 0.15) is 5.75 Å². The lowest BCUT2D eigenvalue weighted by Gasteiger charge is -2.31. The Bertz CT molecular complexity index is 597. The Morgan fingerprint density at radius 1 is 1.45 bits per heavy atom. The number of nitrogens with zero attached hydrogens (tertiary/aromatic N) is 1. The van der Waals surface area contributed by atoms with Gasteiger partial charge in [-0.2, -0.15) is 0 Å². The third-order valence-corrected chi connectivity index (χ3v) is 5.54. The molecule has 0 aliphatic carbocycles. The van der Waals surface area contributed by atoms with Crippen LogP contribution in [0.1, 0.15) is 24.2 Å². The van der Waals surface area contributed by atoms with Crippen molar-refractivity contribution in [3.8, 4) is 5.75 Å². The molecule has 110 valence electrons. The van der Waals surface area contributed by atoms with Crippen molar-refractivity contribution in [3.63, 3.8) is 0 Å². The van der Waals surface area contributed by atoms with Crippen LogP contribution in [0.4, 0.5) is 0 Å². The minimum atomic E-state index is -3.05. The van der Waals surface area contributed by atoms with Gasteiger partial charge in [-0.15, -0.1) is 0 Å². The van der Waals surface area contributed by atoms with E-state index in [2.05, 4.69) is 0 Å². The first-order valence-electron chi connectivity index (χ1n) is 6.67. The first-order chi connectivity index (χ1) is 9.44. The van der Waals surface area contributed by atoms with E-state index in [0.29, 0.717) is 17.9 Å². The van der Waals surface area contributed by atoms with E-state index in [-0.39, 0.29) is 24.7 Å². The average Bonchev–Trinajstić information content (AvgIpc) is 2.42. The van der Waals surface area contributed by atoms with E-state index in [9.17, 15) is 13.2 Å². The Balaban J connectivity index is 2.14. The SMILES string of the molecule is CCOc1cccc(C(=O)N2CCS(=O)(=O)[C@H](C)C2)c1. The van der Waals surface area contributed by atoms with E-state index in [0.717, 1.165) is 0 Å². The summed E-state index contributed by atoms with van der Waals surface area (Å²) in [4.78, 5) is 14.0. The molecule has 0 N–H and O–H groups in total. The Hall–Kier alpha value is -1.56. The molecule has 0 aromatic heterocycles. The fourth-order valence-electron chi connectivity index (χ4n) is 2.21. The molecule has 6 heteroatoms. The lowest BCUT2D eigenvalue weighted by Crippen LogP contribution is -2.48. The summed E-state index contributed by atoms with van der Waals surface area (Å²) < 4.78 is 28.7. The van der Waals surface area contributed by atoms with Crippen LogP contribution in [0.25, 0.3) is 0 Å². The molecule has 0 saturated carbocycles. The van der Waals surface area contributed by atoms with Crippen LogP contribution >= 0.6 is 0 Å². The standard InChI is InChI=1S/C14H19NO4S/c1-3-19-13-6-4-5-12(9-13)14(16)15-7-8-20(17,18)11(2)10-15/h4-6,9,11H,3,7-8,10H2,1-2H3/t11-/m1/s1. The first-order valence-corrected chi connectivity index (χ1v) is 8.39. The lowest BCUT2D eigenvalue weighted by molar-refractivity contribution is 0.0760. The van der Waals surface area contributed by atoms with Crippen molar-refractivity contribution in [1.29, 1.82) is 0 Å². The van der Waals surface area contributed by atoms with Gasteiger partial charge in [0.2, 0.25) is 0 Å². The maximum absolute atomic E-state index is 12.4. The molecule has 5 nitrogen and oxygen atoms in total. The van der Waals surface area contributed by atoms with Crippen LogP contribution in [-0.4, -0.2) is 49.9 Å². The number of sulfone groups is 1. The highest BCUT2D eigenvalue weighted by atomic mass is 32.2. The van der Waals surface area contributed by atoms with E-state index < -0.39 is 15.1 Å². The van der Waals surface area contributed by atoms with Gasteiger partial charge < -0.3 is 9.64 Å². The number of carbonyl (C=O) groups excluding carboxylic acids is 1. The summed E-state index contributed by atoms with van der Waals surface area (Å²) in [5, 5.41) is -0.504. The Morgan fingerprint density at radius 2 is 2.20 bits per heavy atom. The van der Waals surface area contributed by atoms with E-state index in [1.165, 1.54) is 0 Å². The van der Waals surface area contributed by atoms with Crippen molar-refractivity contribution in [3.05, 3.63) is 29.8 Å². The molecule has 1 aromatic rings. The van der Waals surface area contributed by atoms with Crippen molar-refractivity contribution < 1.29 is 17.9 Å². The predicted molar refractivity (Wildman–Crippen MR) is 76.8 cm³/mol. The van der Waals surface area contributed by atoms with Gasteiger partial charge in [-0.3, -0.25) is 4.79 Å². The number of hydrogen-bond donors (Lipinski definition) is 0. The predicted octanol–water partition coefficient (Wildman–Crippen LogP) is 1.34. The zero-order chi connectivity index (χ0) is 14.8. The van der Waals surface area contributed by atoms with Gasteiger partial charge >= 0.3 is 0 Å². The average molecular weight is 297 g/mol. The summed E-state index contributed by atoms with van der Waals surface area (Å²) in [5.41, 5.74) is 0.530. The van der Waals surface area contributed by atoms with Crippen LogP contribution in [0.5, 0.6) is 5.75 Å². The van der Waals surface area contributed by atoms with Gasteiger partial charge in [-0.1, -0.05) is 6.07 Å². The maximum Gasteiger partial charge on any atom is 0.254 e. The normalized spacial score (nSPS) is 21.5. The van der Waals surface area contributed by atoms with Crippen LogP contribution in [0.15, 0.2) is 24.3 Å². The summed E-state index contributed by atoms with van der Waals surface area (Å²) in [7, 11) is -3.05. The van der Waals surface area contributed by atoms with Crippen LogP contribution in [0.2, 0.25) is 0 Å². The molecule has 0 radical (unpaired) electrons. The highest BCUT2D eigenvalue weighted by molar-refractivity contribution is 7.92. The molecular weight excluding hydrogens is 278 g/mol.